The predicted octanol–water partition coefficient (Wildman–Crippen LogP) is 8.82. The van der Waals surface area contributed by atoms with Gasteiger partial charge in [-0.3, -0.25) is 19.2 Å². The van der Waals surface area contributed by atoms with Crippen molar-refractivity contribution >= 4 is 69.3 Å². The molecule has 0 aliphatic carbocycles. The molecule has 4 rings (SSSR count). The van der Waals surface area contributed by atoms with Crippen molar-refractivity contribution in [2.24, 2.45) is 20.5 Å². The minimum absolute atomic E-state index is 0.209. The van der Waals surface area contributed by atoms with Gasteiger partial charge in [0, 0.05) is 23.5 Å². The molecule has 2 amide bonds. The zero-order valence-corrected chi connectivity index (χ0v) is 29.2. The highest BCUT2D eigenvalue weighted by molar-refractivity contribution is 6.34. The Morgan fingerprint density at radius 3 is 1.36 bits per heavy atom. The molecule has 0 aliphatic heterocycles. The van der Waals surface area contributed by atoms with Gasteiger partial charge in [-0.2, -0.15) is 20.5 Å². The number of nitrogens with zero attached hydrogens (tertiary/aromatic N) is 4. The van der Waals surface area contributed by atoms with Crippen molar-refractivity contribution in [2.45, 2.75) is 39.8 Å². The summed E-state index contributed by atoms with van der Waals surface area (Å²) in [5.41, 5.74) is 2.71. The van der Waals surface area contributed by atoms with E-state index in [-0.39, 0.29) is 21.4 Å². The van der Waals surface area contributed by atoms with E-state index in [1.54, 1.807) is 84.9 Å². The molecule has 258 valence electrons. The van der Waals surface area contributed by atoms with E-state index >= 15 is 0 Å². The third-order valence-corrected chi connectivity index (χ3v) is 7.49. The fraction of sp³-hybridized carbons (Fsp3) is 0.222. The van der Waals surface area contributed by atoms with Gasteiger partial charge in [-0.05, 0) is 87.4 Å². The summed E-state index contributed by atoms with van der Waals surface area (Å²) in [5.74, 6) is -1.18. The van der Waals surface area contributed by atoms with E-state index in [1.807, 2.05) is 13.8 Å². The summed E-state index contributed by atoms with van der Waals surface area (Å²) in [6.45, 7) is 7.10. The zero-order chi connectivity index (χ0) is 36.2. The highest BCUT2D eigenvalue weighted by Gasteiger charge is 2.25. The number of anilines is 2. The van der Waals surface area contributed by atoms with Gasteiger partial charge in [0.15, 0.2) is 11.6 Å². The van der Waals surface area contributed by atoms with Crippen molar-refractivity contribution in [3.8, 4) is 22.6 Å². The number of rotatable bonds is 15. The molecular weight excluding hydrogens is 683 g/mol. The second-order valence-electron chi connectivity index (χ2n) is 10.7. The van der Waals surface area contributed by atoms with Crippen molar-refractivity contribution in [3.05, 3.63) is 95.0 Å². The monoisotopic (exact) mass is 716 g/mol. The smallest absolute Gasteiger partial charge is 0.258 e. The van der Waals surface area contributed by atoms with Crippen LogP contribution in [0.4, 0.5) is 22.7 Å². The maximum absolute atomic E-state index is 12.9. The summed E-state index contributed by atoms with van der Waals surface area (Å²) in [6.07, 6.45) is 0. The highest BCUT2D eigenvalue weighted by Crippen LogP contribution is 2.35. The molecule has 0 saturated carbocycles. The van der Waals surface area contributed by atoms with Crippen molar-refractivity contribution in [2.75, 3.05) is 23.8 Å². The minimum atomic E-state index is -1.40. The van der Waals surface area contributed by atoms with Crippen molar-refractivity contribution in [3.63, 3.8) is 0 Å². The van der Waals surface area contributed by atoms with Gasteiger partial charge in [0.25, 0.3) is 11.8 Å². The number of amides is 2. The Balaban J connectivity index is 1.45. The van der Waals surface area contributed by atoms with Gasteiger partial charge >= 0.3 is 0 Å². The number of ether oxygens (including phenoxy) is 2. The van der Waals surface area contributed by atoms with Crippen LogP contribution < -0.4 is 20.1 Å². The lowest BCUT2D eigenvalue weighted by Crippen LogP contribution is -2.31. The molecule has 12 nitrogen and oxygen atoms in total. The van der Waals surface area contributed by atoms with Crippen molar-refractivity contribution in [1.29, 1.82) is 0 Å². The third kappa shape index (κ3) is 10.3. The number of hydrogen-bond acceptors (Lipinski definition) is 10. The maximum Gasteiger partial charge on any atom is 0.258 e. The molecule has 14 heteroatoms. The van der Waals surface area contributed by atoms with Crippen LogP contribution in [0.25, 0.3) is 11.1 Å². The Labute approximate surface area is 298 Å². The molecule has 0 saturated heterocycles. The molecular formula is C36H34Cl2N6O6. The molecule has 4 aromatic carbocycles. The van der Waals surface area contributed by atoms with Crippen LogP contribution in [0.3, 0.4) is 0 Å². The van der Waals surface area contributed by atoms with E-state index in [2.05, 4.69) is 31.1 Å². The molecule has 0 fully saturated rings. The molecule has 2 N–H and O–H groups in total. The second kappa shape index (κ2) is 17.8. The highest BCUT2D eigenvalue weighted by atomic mass is 35.5. The topological polar surface area (TPSA) is 160 Å². The molecule has 0 aliphatic rings. The molecule has 0 aromatic heterocycles. The number of nitrogens with one attached hydrogen (secondary N) is 2. The number of carbonyl (C=O) groups is 4. The molecule has 50 heavy (non-hydrogen) atoms. The lowest BCUT2D eigenvalue weighted by Gasteiger charge is -2.11. The quantitative estimate of drug-likeness (QED) is 0.0923. The van der Waals surface area contributed by atoms with E-state index < -0.39 is 35.5 Å². The number of ketones is 2. The Bertz CT molecular complexity index is 1810. The summed E-state index contributed by atoms with van der Waals surface area (Å²) in [4.78, 5) is 50.2. The Kier molecular flexibility index (Phi) is 13.3. The number of halogens is 2. The van der Waals surface area contributed by atoms with E-state index in [9.17, 15) is 19.2 Å². The first-order valence-electron chi connectivity index (χ1n) is 15.5. The molecule has 0 spiro atoms. The standard InChI is InChI=1S/C36H34Cl2N6O6/c1-5-49-27-11-7-9-25(19-27)39-35(47)33(21(3)45)43-41-31-15-13-23(17-29(31)37)24-14-16-32(30(38)18-24)42-44-34(22(4)46)36(48)40-26-10-8-12-28(20-26)50-6-2/h7-20,33-34H,5-6H2,1-4H3,(H,39,47)(H,40,48). The van der Waals surface area contributed by atoms with Crippen LogP contribution in [0.15, 0.2) is 105 Å². The van der Waals surface area contributed by atoms with E-state index in [1.165, 1.54) is 13.8 Å². The molecule has 0 bridgehead atoms. The molecule has 0 heterocycles. The molecule has 0 radical (unpaired) electrons. The molecule has 2 atom stereocenters. The largest absolute Gasteiger partial charge is 0.494 e. The number of benzene rings is 4. The number of Topliss-reactive ketones (excluding diaryl/α,β-unsaturated/α-hetero) is 2. The average molecular weight is 718 g/mol. The summed E-state index contributed by atoms with van der Waals surface area (Å²) in [6, 6.07) is 20.6. The average Bonchev–Trinajstić information content (AvgIpc) is 3.06. The van der Waals surface area contributed by atoms with Gasteiger partial charge in [-0.25, -0.2) is 0 Å². The van der Waals surface area contributed by atoms with Gasteiger partial charge in [0.1, 0.15) is 22.9 Å². The van der Waals surface area contributed by atoms with Gasteiger partial charge in [-0.15, -0.1) is 0 Å². The second-order valence-corrected chi connectivity index (χ2v) is 11.5. The number of hydrogen-bond donors (Lipinski definition) is 2. The van der Waals surface area contributed by atoms with Crippen LogP contribution in [-0.2, 0) is 19.2 Å². The fourth-order valence-electron chi connectivity index (χ4n) is 4.49. The first kappa shape index (κ1) is 37.4. The van der Waals surface area contributed by atoms with Crippen LogP contribution in [0.5, 0.6) is 11.5 Å². The number of carbonyl (C=O) groups excluding carboxylic acids is 4. The lowest BCUT2D eigenvalue weighted by atomic mass is 10.0. The Morgan fingerprint density at radius 2 is 1.02 bits per heavy atom. The lowest BCUT2D eigenvalue weighted by molar-refractivity contribution is -0.127. The molecule has 2 unspecified atom stereocenters. The van der Waals surface area contributed by atoms with E-state index in [0.29, 0.717) is 47.2 Å². The first-order chi connectivity index (χ1) is 24.0. The summed E-state index contributed by atoms with van der Waals surface area (Å²) >= 11 is 13.0. The van der Waals surface area contributed by atoms with Crippen LogP contribution in [-0.4, -0.2) is 48.7 Å². The summed E-state index contributed by atoms with van der Waals surface area (Å²) in [7, 11) is 0. The third-order valence-electron chi connectivity index (χ3n) is 6.88. The van der Waals surface area contributed by atoms with Gasteiger partial charge < -0.3 is 20.1 Å². The van der Waals surface area contributed by atoms with Gasteiger partial charge in [0.05, 0.1) is 23.3 Å². The Morgan fingerprint density at radius 1 is 0.620 bits per heavy atom. The van der Waals surface area contributed by atoms with E-state index in [0.717, 1.165) is 0 Å². The number of azo groups is 2. The summed E-state index contributed by atoms with van der Waals surface area (Å²) in [5, 5.41) is 21.8. The SMILES string of the molecule is CCOc1cccc(NC(=O)C(N=Nc2ccc(-c3ccc(N=NC(C(C)=O)C(=O)Nc4cccc(OCC)c4)c(Cl)c3)cc2Cl)C(C)=O)c1. The molecule has 4 aromatic rings. The van der Waals surface area contributed by atoms with Crippen molar-refractivity contribution in [1.82, 2.24) is 0 Å². The van der Waals surface area contributed by atoms with Crippen LogP contribution in [0.1, 0.15) is 27.7 Å². The Hall–Kier alpha value is -5.46. The summed E-state index contributed by atoms with van der Waals surface area (Å²) < 4.78 is 10.9. The predicted molar refractivity (Wildman–Crippen MR) is 192 cm³/mol. The van der Waals surface area contributed by atoms with Crippen molar-refractivity contribution < 1.29 is 28.7 Å². The van der Waals surface area contributed by atoms with E-state index in [4.69, 9.17) is 32.7 Å². The zero-order valence-electron chi connectivity index (χ0n) is 27.6. The maximum atomic E-state index is 12.9. The first-order valence-corrected chi connectivity index (χ1v) is 16.2. The van der Waals surface area contributed by atoms with Crippen LogP contribution in [0, 0.1) is 0 Å². The van der Waals surface area contributed by atoms with Crippen LogP contribution in [0.2, 0.25) is 10.0 Å². The van der Waals surface area contributed by atoms with Gasteiger partial charge in [0.2, 0.25) is 12.1 Å². The normalized spacial score (nSPS) is 12.4. The van der Waals surface area contributed by atoms with Gasteiger partial charge in [-0.1, -0.05) is 47.5 Å². The minimum Gasteiger partial charge on any atom is -0.494 e. The van der Waals surface area contributed by atoms with Crippen LogP contribution >= 0.6 is 23.2 Å². The fourth-order valence-corrected chi connectivity index (χ4v) is 4.93.